The van der Waals surface area contributed by atoms with E-state index in [9.17, 15) is 13.2 Å². The lowest BCUT2D eigenvalue weighted by molar-refractivity contribution is -0.121. The molecule has 0 aliphatic rings. The second-order valence-electron chi connectivity index (χ2n) is 8.29. The molecule has 6 nitrogen and oxygen atoms in total. The third-order valence-corrected chi connectivity index (χ3v) is 6.00. The molecule has 0 heterocycles. The number of nitrogens with zero attached hydrogens (tertiary/aromatic N) is 1. The van der Waals surface area contributed by atoms with Gasteiger partial charge in [0.1, 0.15) is 11.8 Å². The summed E-state index contributed by atoms with van der Waals surface area (Å²) in [5.74, 6) is 0.517. The molecular formula is C24H34N2O4S. The summed E-state index contributed by atoms with van der Waals surface area (Å²) in [6.07, 6.45) is 2.77. The van der Waals surface area contributed by atoms with Crippen molar-refractivity contribution in [3.8, 4) is 5.75 Å². The first kappa shape index (κ1) is 24.7. The number of ether oxygens (including phenoxy) is 1. The first-order valence-corrected chi connectivity index (χ1v) is 12.4. The third-order valence-electron chi connectivity index (χ3n) is 4.76. The van der Waals surface area contributed by atoms with Gasteiger partial charge in [-0.25, -0.2) is 8.42 Å². The Morgan fingerprint density at radius 1 is 1.06 bits per heavy atom. The topological polar surface area (TPSA) is 75.7 Å². The molecule has 1 amide bonds. The molecule has 0 spiro atoms. The van der Waals surface area contributed by atoms with Crippen molar-refractivity contribution in [1.82, 2.24) is 5.32 Å². The zero-order valence-electron chi connectivity index (χ0n) is 19.3. The highest BCUT2D eigenvalue weighted by atomic mass is 32.2. The minimum Gasteiger partial charge on any atom is -0.491 e. The van der Waals surface area contributed by atoms with Crippen molar-refractivity contribution in [2.45, 2.75) is 59.6 Å². The number of amides is 1. The number of carbonyl (C=O) groups is 1. The Kier molecular flexibility index (Phi) is 8.51. The largest absolute Gasteiger partial charge is 0.491 e. The molecule has 0 fully saturated rings. The van der Waals surface area contributed by atoms with Crippen LogP contribution in [0.15, 0.2) is 42.5 Å². The quantitative estimate of drug-likeness (QED) is 0.560. The molecule has 1 atom stereocenters. The van der Waals surface area contributed by atoms with Crippen molar-refractivity contribution in [3.05, 3.63) is 59.2 Å². The Morgan fingerprint density at radius 2 is 1.71 bits per heavy atom. The molecule has 0 aliphatic heterocycles. The highest BCUT2D eigenvalue weighted by molar-refractivity contribution is 7.92. The van der Waals surface area contributed by atoms with Crippen LogP contribution < -0.4 is 14.4 Å². The number of hydrogen-bond acceptors (Lipinski definition) is 4. The molecule has 2 rings (SSSR count). The number of rotatable bonds is 10. The average Bonchev–Trinajstić information content (AvgIpc) is 2.63. The van der Waals surface area contributed by atoms with Crippen LogP contribution in [0.2, 0.25) is 0 Å². The smallest absolute Gasteiger partial charge is 0.243 e. The zero-order chi connectivity index (χ0) is 23.2. The summed E-state index contributed by atoms with van der Waals surface area (Å²) in [5, 5.41) is 2.87. The summed E-state index contributed by atoms with van der Waals surface area (Å²) in [6, 6.07) is 12.6. The van der Waals surface area contributed by atoms with Crippen LogP contribution in [0.3, 0.4) is 0 Å². The van der Waals surface area contributed by atoms with Gasteiger partial charge in [-0.3, -0.25) is 9.10 Å². The first-order valence-electron chi connectivity index (χ1n) is 10.6. The van der Waals surface area contributed by atoms with Crippen molar-refractivity contribution in [3.63, 3.8) is 0 Å². The summed E-state index contributed by atoms with van der Waals surface area (Å²) in [6.45, 7) is 9.86. The first-order chi connectivity index (χ1) is 14.5. The van der Waals surface area contributed by atoms with Gasteiger partial charge >= 0.3 is 0 Å². The van der Waals surface area contributed by atoms with E-state index in [2.05, 4.69) is 5.32 Å². The molecule has 2 aromatic rings. The lowest BCUT2D eigenvalue weighted by Crippen LogP contribution is -2.48. The van der Waals surface area contributed by atoms with Crippen molar-refractivity contribution >= 4 is 21.6 Å². The van der Waals surface area contributed by atoms with Crippen molar-refractivity contribution in [1.29, 1.82) is 0 Å². The molecule has 0 radical (unpaired) electrons. The van der Waals surface area contributed by atoms with Crippen LogP contribution in [-0.2, 0) is 21.2 Å². The van der Waals surface area contributed by atoms with Crippen LogP contribution in [0.1, 0.15) is 43.9 Å². The van der Waals surface area contributed by atoms with Gasteiger partial charge in [-0.2, -0.15) is 0 Å². The molecule has 31 heavy (non-hydrogen) atoms. The maximum Gasteiger partial charge on any atom is 0.243 e. The van der Waals surface area contributed by atoms with Gasteiger partial charge in [-0.1, -0.05) is 18.2 Å². The van der Waals surface area contributed by atoms with Gasteiger partial charge in [-0.05, 0) is 88.4 Å². The van der Waals surface area contributed by atoms with Gasteiger partial charge in [0.05, 0.1) is 18.0 Å². The van der Waals surface area contributed by atoms with Gasteiger partial charge < -0.3 is 10.1 Å². The zero-order valence-corrected chi connectivity index (χ0v) is 20.1. The highest BCUT2D eigenvalue weighted by Crippen LogP contribution is 2.24. The molecule has 0 aromatic heterocycles. The van der Waals surface area contributed by atoms with E-state index in [1.165, 1.54) is 4.31 Å². The molecule has 0 saturated heterocycles. The molecular weight excluding hydrogens is 412 g/mol. The summed E-state index contributed by atoms with van der Waals surface area (Å²) in [5.41, 5.74) is 3.53. The van der Waals surface area contributed by atoms with Gasteiger partial charge in [0.2, 0.25) is 15.9 Å². The second kappa shape index (κ2) is 10.7. The number of carbonyl (C=O) groups excluding carboxylic acids is 1. The number of hydrogen-bond donors (Lipinski definition) is 1. The molecule has 1 N–H and O–H groups in total. The van der Waals surface area contributed by atoms with Crippen LogP contribution in [0, 0.1) is 13.8 Å². The van der Waals surface area contributed by atoms with Gasteiger partial charge in [-0.15, -0.1) is 0 Å². The van der Waals surface area contributed by atoms with Gasteiger partial charge in [0.15, 0.2) is 0 Å². The van der Waals surface area contributed by atoms with E-state index in [0.717, 1.165) is 41.5 Å². The van der Waals surface area contributed by atoms with E-state index in [-0.39, 0.29) is 12.0 Å². The second-order valence-corrected chi connectivity index (χ2v) is 10.1. The van der Waals surface area contributed by atoms with Gasteiger partial charge in [0.25, 0.3) is 0 Å². The lowest BCUT2D eigenvalue weighted by atomic mass is 10.1. The van der Waals surface area contributed by atoms with Crippen LogP contribution in [-0.4, -0.2) is 39.3 Å². The maximum absolute atomic E-state index is 12.7. The van der Waals surface area contributed by atoms with Crippen molar-refractivity contribution in [2.24, 2.45) is 0 Å². The van der Waals surface area contributed by atoms with E-state index >= 15 is 0 Å². The molecule has 0 aliphatic carbocycles. The number of anilines is 1. The summed E-state index contributed by atoms with van der Waals surface area (Å²) in [4.78, 5) is 12.7. The van der Waals surface area contributed by atoms with Crippen LogP contribution in [0.4, 0.5) is 5.69 Å². The van der Waals surface area contributed by atoms with E-state index in [1.54, 1.807) is 19.1 Å². The Hall–Kier alpha value is -2.54. The normalized spacial score (nSPS) is 12.5. The minimum absolute atomic E-state index is 0.117. The predicted molar refractivity (Wildman–Crippen MR) is 126 cm³/mol. The fourth-order valence-corrected chi connectivity index (χ4v) is 4.74. The standard InChI is InChI=1S/C24H34N2O4S/c1-17(2)30-23-11-7-9-21(16-23)10-8-12-25-24(27)20(5)26(31(6,28)29)22-14-18(3)13-19(4)15-22/h7,9,11,13-17,20H,8,10,12H2,1-6H3,(H,25,27). The summed E-state index contributed by atoms with van der Waals surface area (Å²) >= 11 is 0. The van der Waals surface area contributed by atoms with Crippen LogP contribution >= 0.6 is 0 Å². The molecule has 2 aromatic carbocycles. The van der Waals surface area contributed by atoms with E-state index in [0.29, 0.717) is 12.2 Å². The summed E-state index contributed by atoms with van der Waals surface area (Å²) < 4.78 is 31.8. The average molecular weight is 447 g/mol. The number of benzene rings is 2. The SMILES string of the molecule is Cc1cc(C)cc(N(C(C)C(=O)NCCCc2cccc(OC(C)C)c2)S(C)(=O)=O)c1. The molecule has 0 saturated carbocycles. The monoisotopic (exact) mass is 446 g/mol. The Morgan fingerprint density at radius 3 is 2.29 bits per heavy atom. The predicted octanol–water partition coefficient (Wildman–Crippen LogP) is 3.99. The van der Waals surface area contributed by atoms with Crippen LogP contribution in [0.25, 0.3) is 0 Å². The summed E-state index contributed by atoms with van der Waals surface area (Å²) in [7, 11) is -3.63. The highest BCUT2D eigenvalue weighted by Gasteiger charge is 2.29. The number of aryl methyl sites for hydroxylation is 3. The minimum atomic E-state index is -3.63. The lowest BCUT2D eigenvalue weighted by Gasteiger charge is -2.28. The Labute approximate surface area is 186 Å². The van der Waals surface area contributed by atoms with Gasteiger partial charge in [0, 0.05) is 6.54 Å². The van der Waals surface area contributed by atoms with E-state index < -0.39 is 16.1 Å². The third kappa shape index (κ3) is 7.58. The molecule has 170 valence electrons. The number of nitrogens with one attached hydrogen (secondary N) is 1. The van der Waals surface area contributed by atoms with Crippen LogP contribution in [0.5, 0.6) is 5.75 Å². The fourth-order valence-electron chi connectivity index (χ4n) is 3.58. The van der Waals surface area contributed by atoms with Crippen molar-refractivity contribution < 1.29 is 17.9 Å². The van der Waals surface area contributed by atoms with E-state index in [4.69, 9.17) is 4.74 Å². The van der Waals surface area contributed by atoms with Crippen molar-refractivity contribution in [2.75, 3.05) is 17.1 Å². The molecule has 7 heteroatoms. The molecule has 0 bridgehead atoms. The number of sulfonamides is 1. The fraction of sp³-hybridized carbons (Fsp3) is 0.458. The maximum atomic E-state index is 12.7. The Bertz CT molecular complexity index is 982. The molecule has 1 unspecified atom stereocenters. The van der Waals surface area contributed by atoms with E-state index in [1.807, 2.05) is 58.0 Å². The Balaban J connectivity index is 1.98.